The fourth-order valence-electron chi connectivity index (χ4n) is 3.73. The zero-order valence-electron chi connectivity index (χ0n) is 17.1. The Kier molecular flexibility index (Phi) is 5.23. The van der Waals surface area contributed by atoms with Crippen molar-refractivity contribution in [1.29, 1.82) is 0 Å². The van der Waals surface area contributed by atoms with Gasteiger partial charge in [0, 0.05) is 23.0 Å². The standard InChI is InChI=1S/C24H22N2O4/c1-15-11-21(17(3)26(15)23-12-16(2)30-25-23)22(27)14-29-24(28)13-19-9-6-8-18-7-4-5-10-20(18)19/h4-12H,13-14H2,1-3H3. The summed E-state index contributed by atoms with van der Waals surface area (Å²) in [7, 11) is 0. The molecule has 2 aromatic carbocycles. The molecule has 4 rings (SSSR count). The van der Waals surface area contributed by atoms with Crippen molar-refractivity contribution < 1.29 is 18.8 Å². The molecule has 0 N–H and O–H groups in total. The van der Waals surface area contributed by atoms with Crippen molar-refractivity contribution in [2.45, 2.75) is 27.2 Å². The topological polar surface area (TPSA) is 74.3 Å². The van der Waals surface area contributed by atoms with Gasteiger partial charge in [-0.25, -0.2) is 0 Å². The minimum atomic E-state index is -0.430. The smallest absolute Gasteiger partial charge is 0.310 e. The summed E-state index contributed by atoms with van der Waals surface area (Å²) in [4.78, 5) is 25.1. The van der Waals surface area contributed by atoms with Crippen LogP contribution in [-0.4, -0.2) is 28.1 Å². The maximum atomic E-state index is 12.7. The molecule has 2 heterocycles. The van der Waals surface area contributed by atoms with Gasteiger partial charge in [-0.3, -0.25) is 14.2 Å². The Hall–Kier alpha value is -3.67. The number of carbonyl (C=O) groups is 2. The van der Waals surface area contributed by atoms with E-state index in [4.69, 9.17) is 9.26 Å². The van der Waals surface area contributed by atoms with Crippen molar-refractivity contribution in [3.05, 3.63) is 82.9 Å². The number of Topliss-reactive ketones (excluding diaryl/α,β-unsaturated/α-hetero) is 1. The molecule has 0 aliphatic rings. The quantitative estimate of drug-likeness (QED) is 0.350. The number of ketones is 1. The molecular formula is C24H22N2O4. The molecule has 152 valence electrons. The van der Waals surface area contributed by atoms with Crippen molar-refractivity contribution in [2.75, 3.05) is 6.61 Å². The molecular weight excluding hydrogens is 380 g/mol. The highest BCUT2D eigenvalue weighted by Crippen LogP contribution is 2.22. The summed E-state index contributed by atoms with van der Waals surface area (Å²) in [5.41, 5.74) is 2.97. The van der Waals surface area contributed by atoms with Gasteiger partial charge in [0.15, 0.2) is 12.4 Å². The first-order chi connectivity index (χ1) is 14.4. The van der Waals surface area contributed by atoms with Crippen LogP contribution in [0.4, 0.5) is 0 Å². The third kappa shape index (κ3) is 3.76. The molecule has 0 amide bonds. The van der Waals surface area contributed by atoms with Gasteiger partial charge in [-0.05, 0) is 43.2 Å². The van der Waals surface area contributed by atoms with Gasteiger partial charge < -0.3 is 9.26 Å². The fraction of sp³-hybridized carbons (Fsp3) is 0.208. The normalized spacial score (nSPS) is 11.0. The minimum absolute atomic E-state index is 0.117. The van der Waals surface area contributed by atoms with Crippen LogP contribution in [0.1, 0.15) is 33.1 Å². The second-order valence-electron chi connectivity index (χ2n) is 7.31. The molecule has 2 aromatic heterocycles. The van der Waals surface area contributed by atoms with Crippen molar-refractivity contribution in [2.24, 2.45) is 0 Å². The van der Waals surface area contributed by atoms with Crippen LogP contribution < -0.4 is 0 Å². The Labute approximate surface area is 174 Å². The molecule has 0 saturated heterocycles. The van der Waals surface area contributed by atoms with Crippen molar-refractivity contribution in [1.82, 2.24) is 9.72 Å². The van der Waals surface area contributed by atoms with Crippen LogP contribution in [0.3, 0.4) is 0 Å². The van der Waals surface area contributed by atoms with Gasteiger partial charge in [0.25, 0.3) is 0 Å². The lowest BCUT2D eigenvalue weighted by molar-refractivity contribution is -0.141. The van der Waals surface area contributed by atoms with E-state index < -0.39 is 5.97 Å². The van der Waals surface area contributed by atoms with E-state index in [0.29, 0.717) is 17.1 Å². The molecule has 6 heteroatoms. The summed E-state index contributed by atoms with van der Waals surface area (Å²) >= 11 is 0. The van der Waals surface area contributed by atoms with Crippen LogP contribution in [0, 0.1) is 20.8 Å². The summed E-state index contributed by atoms with van der Waals surface area (Å²) < 4.78 is 12.3. The summed E-state index contributed by atoms with van der Waals surface area (Å²) in [6.07, 6.45) is 0.117. The lowest BCUT2D eigenvalue weighted by Crippen LogP contribution is -2.16. The van der Waals surface area contributed by atoms with Gasteiger partial charge in [-0.15, -0.1) is 0 Å². The molecule has 0 atom stereocenters. The zero-order valence-corrected chi connectivity index (χ0v) is 17.1. The zero-order chi connectivity index (χ0) is 21.3. The third-order valence-corrected chi connectivity index (χ3v) is 5.16. The first-order valence-corrected chi connectivity index (χ1v) is 9.72. The molecule has 0 fully saturated rings. The highest BCUT2D eigenvalue weighted by molar-refractivity contribution is 5.99. The predicted molar refractivity (Wildman–Crippen MR) is 113 cm³/mol. The van der Waals surface area contributed by atoms with Crippen LogP contribution >= 0.6 is 0 Å². The molecule has 0 radical (unpaired) electrons. The predicted octanol–water partition coefficient (Wildman–Crippen LogP) is 4.51. The van der Waals surface area contributed by atoms with E-state index in [-0.39, 0.29) is 18.8 Å². The number of rotatable bonds is 6. The highest BCUT2D eigenvalue weighted by Gasteiger charge is 2.20. The second-order valence-corrected chi connectivity index (χ2v) is 7.31. The van der Waals surface area contributed by atoms with Gasteiger partial charge in [0.05, 0.1) is 6.42 Å². The lowest BCUT2D eigenvalue weighted by atomic mass is 10.0. The number of nitrogens with zero attached hydrogens (tertiary/aromatic N) is 2. The number of hydrogen-bond acceptors (Lipinski definition) is 5. The molecule has 6 nitrogen and oxygen atoms in total. The van der Waals surface area contributed by atoms with Crippen molar-refractivity contribution in [3.8, 4) is 5.82 Å². The number of hydrogen-bond donors (Lipinski definition) is 0. The summed E-state index contributed by atoms with van der Waals surface area (Å²) in [6.45, 7) is 5.24. The molecule has 30 heavy (non-hydrogen) atoms. The van der Waals surface area contributed by atoms with E-state index in [1.807, 2.05) is 67.8 Å². The summed E-state index contributed by atoms with van der Waals surface area (Å²) in [6, 6.07) is 17.3. The van der Waals surface area contributed by atoms with Crippen LogP contribution in [0.2, 0.25) is 0 Å². The Morgan fingerprint density at radius 3 is 2.57 bits per heavy atom. The highest BCUT2D eigenvalue weighted by atomic mass is 16.5. The van der Waals surface area contributed by atoms with E-state index in [1.165, 1.54) is 0 Å². The van der Waals surface area contributed by atoms with Crippen molar-refractivity contribution >= 4 is 22.5 Å². The van der Waals surface area contributed by atoms with E-state index in [9.17, 15) is 9.59 Å². The number of carbonyl (C=O) groups excluding carboxylic acids is 2. The lowest BCUT2D eigenvalue weighted by Gasteiger charge is -2.08. The summed E-state index contributed by atoms with van der Waals surface area (Å²) in [5, 5.41) is 6.09. The third-order valence-electron chi connectivity index (χ3n) is 5.16. The Morgan fingerprint density at radius 1 is 1.03 bits per heavy atom. The number of benzene rings is 2. The molecule has 0 bridgehead atoms. The van der Waals surface area contributed by atoms with Crippen molar-refractivity contribution in [3.63, 3.8) is 0 Å². The van der Waals surface area contributed by atoms with Crippen LogP contribution in [0.5, 0.6) is 0 Å². The van der Waals surface area contributed by atoms with Gasteiger partial charge in [-0.2, -0.15) is 0 Å². The maximum Gasteiger partial charge on any atom is 0.310 e. The number of aryl methyl sites for hydroxylation is 2. The van der Waals surface area contributed by atoms with Crippen LogP contribution in [-0.2, 0) is 16.0 Å². The van der Waals surface area contributed by atoms with Gasteiger partial charge in [0.1, 0.15) is 5.76 Å². The number of esters is 1. The van der Waals surface area contributed by atoms with Crippen LogP contribution in [0.15, 0.2) is 59.1 Å². The second kappa shape index (κ2) is 7.99. The minimum Gasteiger partial charge on any atom is -0.457 e. The first-order valence-electron chi connectivity index (χ1n) is 9.72. The molecule has 0 aliphatic carbocycles. The largest absolute Gasteiger partial charge is 0.457 e. The van der Waals surface area contributed by atoms with E-state index >= 15 is 0 Å². The Balaban J connectivity index is 1.45. The summed E-state index contributed by atoms with van der Waals surface area (Å²) in [5.74, 6) is 0.628. The fourth-order valence-corrected chi connectivity index (χ4v) is 3.73. The maximum absolute atomic E-state index is 12.7. The van der Waals surface area contributed by atoms with Crippen LogP contribution in [0.25, 0.3) is 16.6 Å². The number of fused-ring (bicyclic) bond motifs is 1. The van der Waals surface area contributed by atoms with Gasteiger partial charge >= 0.3 is 5.97 Å². The molecule has 0 saturated carbocycles. The molecule has 0 unspecified atom stereocenters. The monoisotopic (exact) mass is 402 g/mol. The number of aromatic nitrogens is 2. The van der Waals surface area contributed by atoms with E-state index in [0.717, 1.165) is 27.7 Å². The average molecular weight is 402 g/mol. The number of ether oxygens (including phenoxy) is 1. The van der Waals surface area contributed by atoms with E-state index in [1.54, 1.807) is 12.1 Å². The van der Waals surface area contributed by atoms with Gasteiger partial charge in [-0.1, -0.05) is 47.6 Å². The Bertz CT molecular complexity index is 1240. The molecule has 0 aliphatic heterocycles. The molecule has 0 spiro atoms. The Morgan fingerprint density at radius 2 is 1.80 bits per heavy atom. The first kappa shape index (κ1) is 19.6. The van der Waals surface area contributed by atoms with Gasteiger partial charge in [0.2, 0.25) is 5.78 Å². The van der Waals surface area contributed by atoms with E-state index in [2.05, 4.69) is 5.16 Å². The molecule has 4 aromatic rings. The average Bonchev–Trinajstić information content (AvgIpc) is 3.28. The SMILES string of the molecule is Cc1cc(-n2c(C)cc(C(=O)COC(=O)Cc3cccc4ccccc34)c2C)no1.